The van der Waals surface area contributed by atoms with E-state index in [2.05, 4.69) is 10.1 Å². The Labute approximate surface area is 128 Å². The van der Waals surface area contributed by atoms with Crippen molar-refractivity contribution in [1.82, 2.24) is 15.0 Å². The minimum absolute atomic E-state index is 0.0325. The molecule has 0 aliphatic carbocycles. The topological polar surface area (TPSA) is 60.6 Å². The zero-order valence-corrected chi connectivity index (χ0v) is 13.0. The Morgan fingerprint density at radius 1 is 1.32 bits per heavy atom. The van der Waals surface area contributed by atoms with E-state index in [0.29, 0.717) is 37.2 Å². The SMILES string of the molecule is COCc1noc(C(C)N(C)CCOc2ccc(F)cc2)n1. The van der Waals surface area contributed by atoms with Gasteiger partial charge in [0.1, 0.15) is 24.8 Å². The van der Waals surface area contributed by atoms with Crippen molar-refractivity contribution in [3.05, 3.63) is 41.8 Å². The highest BCUT2D eigenvalue weighted by atomic mass is 19.1. The number of benzene rings is 1. The van der Waals surface area contributed by atoms with Crippen LogP contribution in [0.3, 0.4) is 0 Å². The van der Waals surface area contributed by atoms with Crippen LogP contribution in [0, 0.1) is 5.82 Å². The first-order valence-corrected chi connectivity index (χ1v) is 7.00. The molecule has 0 aliphatic rings. The van der Waals surface area contributed by atoms with E-state index in [4.69, 9.17) is 14.0 Å². The van der Waals surface area contributed by atoms with Crippen molar-refractivity contribution in [2.24, 2.45) is 0 Å². The van der Waals surface area contributed by atoms with Crippen LogP contribution in [0.15, 0.2) is 28.8 Å². The fourth-order valence-corrected chi connectivity index (χ4v) is 1.85. The van der Waals surface area contributed by atoms with Gasteiger partial charge in [0.2, 0.25) is 5.89 Å². The van der Waals surface area contributed by atoms with Crippen LogP contribution in [-0.4, -0.2) is 42.3 Å². The van der Waals surface area contributed by atoms with Gasteiger partial charge in [-0.2, -0.15) is 4.98 Å². The smallest absolute Gasteiger partial charge is 0.243 e. The molecule has 0 saturated heterocycles. The van der Waals surface area contributed by atoms with Gasteiger partial charge in [0, 0.05) is 13.7 Å². The standard InChI is InChI=1S/C15H20FN3O3/c1-11(15-17-14(10-20-3)18-22-15)19(2)8-9-21-13-6-4-12(16)5-7-13/h4-7,11H,8-10H2,1-3H3. The predicted molar refractivity (Wildman–Crippen MR) is 78.0 cm³/mol. The van der Waals surface area contributed by atoms with Crippen molar-refractivity contribution >= 4 is 0 Å². The first-order chi connectivity index (χ1) is 10.6. The number of halogens is 1. The molecule has 1 atom stereocenters. The molecule has 0 N–H and O–H groups in total. The molecule has 0 bridgehead atoms. The van der Waals surface area contributed by atoms with E-state index < -0.39 is 0 Å². The van der Waals surface area contributed by atoms with E-state index in [0.717, 1.165) is 0 Å². The quantitative estimate of drug-likeness (QED) is 0.746. The molecule has 1 unspecified atom stereocenters. The van der Waals surface area contributed by atoms with Crippen LogP contribution in [-0.2, 0) is 11.3 Å². The minimum atomic E-state index is -0.277. The van der Waals surface area contributed by atoms with E-state index in [-0.39, 0.29) is 11.9 Å². The molecular weight excluding hydrogens is 289 g/mol. The summed E-state index contributed by atoms with van der Waals surface area (Å²) in [5, 5.41) is 3.84. The Kier molecular flexibility index (Phi) is 5.85. The summed E-state index contributed by atoms with van der Waals surface area (Å²) in [7, 11) is 3.53. The van der Waals surface area contributed by atoms with Crippen LogP contribution in [0.4, 0.5) is 4.39 Å². The van der Waals surface area contributed by atoms with Crippen LogP contribution in [0.5, 0.6) is 5.75 Å². The van der Waals surface area contributed by atoms with E-state index >= 15 is 0 Å². The monoisotopic (exact) mass is 309 g/mol. The highest BCUT2D eigenvalue weighted by Gasteiger charge is 2.18. The number of rotatable bonds is 8. The minimum Gasteiger partial charge on any atom is -0.492 e. The van der Waals surface area contributed by atoms with Crippen molar-refractivity contribution in [3.8, 4) is 5.75 Å². The lowest BCUT2D eigenvalue weighted by Crippen LogP contribution is -2.27. The fraction of sp³-hybridized carbons (Fsp3) is 0.467. The first kappa shape index (κ1) is 16.4. The van der Waals surface area contributed by atoms with E-state index in [1.54, 1.807) is 19.2 Å². The zero-order chi connectivity index (χ0) is 15.9. The Morgan fingerprint density at radius 2 is 2.05 bits per heavy atom. The van der Waals surface area contributed by atoms with Gasteiger partial charge in [0.25, 0.3) is 0 Å². The number of ether oxygens (including phenoxy) is 2. The number of aromatic nitrogens is 2. The molecule has 2 aromatic rings. The Morgan fingerprint density at radius 3 is 2.73 bits per heavy atom. The van der Waals surface area contributed by atoms with E-state index in [9.17, 15) is 4.39 Å². The third kappa shape index (κ3) is 4.51. The second-order valence-electron chi connectivity index (χ2n) is 4.94. The lowest BCUT2D eigenvalue weighted by atomic mass is 10.3. The maximum absolute atomic E-state index is 12.8. The van der Waals surface area contributed by atoms with Crippen molar-refractivity contribution in [1.29, 1.82) is 0 Å². The first-order valence-electron chi connectivity index (χ1n) is 7.00. The summed E-state index contributed by atoms with van der Waals surface area (Å²) in [5.74, 6) is 1.43. The van der Waals surface area contributed by atoms with Crippen LogP contribution >= 0.6 is 0 Å². The van der Waals surface area contributed by atoms with Crippen molar-refractivity contribution in [2.75, 3.05) is 27.3 Å². The molecule has 120 valence electrons. The van der Waals surface area contributed by atoms with E-state index in [1.807, 2.05) is 18.9 Å². The lowest BCUT2D eigenvalue weighted by Gasteiger charge is -2.21. The van der Waals surface area contributed by atoms with Crippen molar-refractivity contribution < 1.29 is 18.4 Å². The summed E-state index contributed by atoms with van der Waals surface area (Å²) in [5.41, 5.74) is 0. The molecule has 22 heavy (non-hydrogen) atoms. The molecule has 0 fully saturated rings. The van der Waals surface area contributed by atoms with Gasteiger partial charge >= 0.3 is 0 Å². The second-order valence-corrected chi connectivity index (χ2v) is 4.94. The predicted octanol–water partition coefficient (Wildman–Crippen LogP) is 2.43. The summed E-state index contributed by atoms with van der Waals surface area (Å²) >= 11 is 0. The van der Waals surface area contributed by atoms with Gasteiger partial charge in [-0.1, -0.05) is 5.16 Å². The third-order valence-electron chi connectivity index (χ3n) is 3.30. The Hall–Kier alpha value is -1.99. The number of hydrogen-bond acceptors (Lipinski definition) is 6. The Balaban J connectivity index is 1.80. The third-order valence-corrected chi connectivity index (χ3v) is 3.30. The average molecular weight is 309 g/mol. The molecule has 0 saturated carbocycles. The molecule has 6 nitrogen and oxygen atoms in total. The number of hydrogen-bond donors (Lipinski definition) is 0. The van der Waals surface area contributed by atoms with Crippen LogP contribution in [0.1, 0.15) is 24.7 Å². The largest absolute Gasteiger partial charge is 0.492 e. The van der Waals surface area contributed by atoms with Gasteiger partial charge in [-0.15, -0.1) is 0 Å². The maximum atomic E-state index is 12.8. The Bertz CT molecular complexity index is 574. The van der Waals surface area contributed by atoms with Gasteiger partial charge in [0.15, 0.2) is 5.82 Å². The van der Waals surface area contributed by atoms with Gasteiger partial charge in [-0.3, -0.25) is 4.90 Å². The van der Waals surface area contributed by atoms with Crippen molar-refractivity contribution in [3.63, 3.8) is 0 Å². The molecule has 0 amide bonds. The normalized spacial score (nSPS) is 12.6. The molecular formula is C15H20FN3O3. The van der Waals surface area contributed by atoms with Crippen LogP contribution < -0.4 is 4.74 Å². The average Bonchev–Trinajstić information content (AvgIpc) is 2.97. The highest BCUT2D eigenvalue weighted by molar-refractivity contribution is 5.21. The molecule has 0 aliphatic heterocycles. The second kappa shape index (κ2) is 7.86. The molecule has 0 radical (unpaired) electrons. The molecule has 0 spiro atoms. The fourth-order valence-electron chi connectivity index (χ4n) is 1.85. The zero-order valence-electron chi connectivity index (χ0n) is 13.0. The summed E-state index contributed by atoms with van der Waals surface area (Å²) < 4.78 is 28.5. The highest BCUT2D eigenvalue weighted by Crippen LogP contribution is 2.17. The summed E-state index contributed by atoms with van der Waals surface area (Å²) in [6, 6.07) is 5.92. The number of likely N-dealkylation sites (N-methyl/N-ethyl adjacent to an activating group) is 1. The van der Waals surface area contributed by atoms with Gasteiger partial charge < -0.3 is 14.0 Å². The summed E-state index contributed by atoms with van der Waals surface area (Å²) in [4.78, 5) is 6.31. The van der Waals surface area contributed by atoms with Crippen molar-refractivity contribution in [2.45, 2.75) is 19.6 Å². The maximum Gasteiger partial charge on any atom is 0.243 e. The summed E-state index contributed by atoms with van der Waals surface area (Å²) in [6.45, 7) is 3.45. The molecule has 1 aromatic heterocycles. The van der Waals surface area contributed by atoms with Crippen LogP contribution in [0.25, 0.3) is 0 Å². The summed E-state index contributed by atoms with van der Waals surface area (Å²) in [6.07, 6.45) is 0. The molecule has 1 heterocycles. The van der Waals surface area contributed by atoms with E-state index in [1.165, 1.54) is 12.1 Å². The number of methoxy groups -OCH3 is 1. The molecule has 7 heteroatoms. The van der Waals surface area contributed by atoms with Gasteiger partial charge in [-0.25, -0.2) is 4.39 Å². The van der Waals surface area contributed by atoms with Crippen LogP contribution in [0.2, 0.25) is 0 Å². The lowest BCUT2D eigenvalue weighted by molar-refractivity contribution is 0.169. The van der Waals surface area contributed by atoms with Gasteiger partial charge in [0.05, 0.1) is 6.04 Å². The van der Waals surface area contributed by atoms with Gasteiger partial charge in [-0.05, 0) is 38.2 Å². The molecule has 2 rings (SSSR count). The molecule has 1 aromatic carbocycles. The number of nitrogens with zero attached hydrogens (tertiary/aromatic N) is 3.